The zero-order valence-electron chi connectivity index (χ0n) is 17.0. The molecule has 0 aliphatic heterocycles. The molecule has 0 aromatic rings. The molecule has 0 radical (unpaired) electrons. The van der Waals surface area contributed by atoms with Crippen LogP contribution in [0, 0.1) is 29.1 Å². The summed E-state index contributed by atoms with van der Waals surface area (Å²) in [5, 5.41) is 5.69. The minimum Gasteiger partial charge on any atom is -0.454 e. The van der Waals surface area contributed by atoms with Crippen LogP contribution < -0.4 is 10.6 Å². The minimum absolute atomic E-state index is 0.00659. The van der Waals surface area contributed by atoms with Crippen LogP contribution in [0.2, 0.25) is 0 Å². The molecule has 2 amide bonds. The van der Waals surface area contributed by atoms with Gasteiger partial charge in [0, 0.05) is 11.5 Å². The van der Waals surface area contributed by atoms with Crippen molar-refractivity contribution >= 4 is 17.8 Å². The van der Waals surface area contributed by atoms with E-state index in [1.807, 2.05) is 27.7 Å². The quantitative estimate of drug-likeness (QED) is 0.666. The number of esters is 1. The molecule has 27 heavy (non-hydrogen) atoms. The molecular weight excluding hydrogens is 344 g/mol. The van der Waals surface area contributed by atoms with Crippen molar-refractivity contribution in [2.75, 3.05) is 6.61 Å². The first-order valence-electron chi connectivity index (χ1n) is 10.5. The Labute approximate surface area is 162 Å². The van der Waals surface area contributed by atoms with Crippen LogP contribution in [0.25, 0.3) is 0 Å². The van der Waals surface area contributed by atoms with Gasteiger partial charge in [0.25, 0.3) is 5.91 Å². The highest BCUT2D eigenvalue weighted by Crippen LogP contribution is 2.60. The van der Waals surface area contributed by atoms with Gasteiger partial charge in [-0.2, -0.15) is 0 Å². The van der Waals surface area contributed by atoms with Crippen molar-refractivity contribution < 1.29 is 19.1 Å². The van der Waals surface area contributed by atoms with E-state index >= 15 is 0 Å². The summed E-state index contributed by atoms with van der Waals surface area (Å²) in [6, 6.07) is -0.717. The maximum absolute atomic E-state index is 13.2. The Balaban J connectivity index is 1.60. The van der Waals surface area contributed by atoms with Gasteiger partial charge in [0.15, 0.2) is 6.61 Å². The molecule has 6 nitrogen and oxygen atoms in total. The van der Waals surface area contributed by atoms with E-state index in [0.717, 1.165) is 19.3 Å². The van der Waals surface area contributed by atoms with Crippen molar-refractivity contribution in [3.63, 3.8) is 0 Å². The summed E-state index contributed by atoms with van der Waals surface area (Å²) in [7, 11) is 0. The maximum atomic E-state index is 13.2. The number of ether oxygens (including phenoxy) is 1. The number of hydrogen-bond acceptors (Lipinski definition) is 4. The van der Waals surface area contributed by atoms with Crippen LogP contribution >= 0.6 is 0 Å². The Morgan fingerprint density at radius 2 is 1.44 bits per heavy atom. The van der Waals surface area contributed by atoms with Crippen LogP contribution in [0.5, 0.6) is 0 Å². The lowest BCUT2D eigenvalue weighted by Crippen LogP contribution is -2.57. The predicted molar refractivity (Wildman–Crippen MR) is 102 cm³/mol. The van der Waals surface area contributed by atoms with Crippen molar-refractivity contribution in [3.8, 4) is 0 Å². The van der Waals surface area contributed by atoms with Gasteiger partial charge in [0.05, 0.1) is 0 Å². The molecule has 1 atom stereocenters. The first kappa shape index (κ1) is 20.2. The summed E-state index contributed by atoms with van der Waals surface area (Å²) in [4.78, 5) is 37.4. The molecular formula is C21H34N2O4. The van der Waals surface area contributed by atoms with Gasteiger partial charge in [-0.25, -0.2) is 4.79 Å². The van der Waals surface area contributed by atoms with Gasteiger partial charge in [0.1, 0.15) is 6.04 Å². The zero-order chi connectivity index (χ0) is 19.8. The molecule has 0 aromatic heterocycles. The molecule has 0 saturated heterocycles. The van der Waals surface area contributed by atoms with Crippen LogP contribution in [0.15, 0.2) is 0 Å². The molecule has 4 bridgehead atoms. The number of hydrogen-bond donors (Lipinski definition) is 2. The van der Waals surface area contributed by atoms with Crippen molar-refractivity contribution in [2.24, 2.45) is 29.1 Å². The third kappa shape index (κ3) is 4.46. The normalized spacial score (nSPS) is 32.4. The second-order valence-corrected chi connectivity index (χ2v) is 9.72. The largest absolute Gasteiger partial charge is 0.454 e. The van der Waals surface area contributed by atoms with E-state index < -0.39 is 12.0 Å². The number of amides is 2. The van der Waals surface area contributed by atoms with Crippen molar-refractivity contribution in [3.05, 3.63) is 0 Å². The lowest BCUT2D eigenvalue weighted by Gasteiger charge is -2.55. The topological polar surface area (TPSA) is 84.5 Å². The molecule has 4 rings (SSSR count). The standard InChI is InChI=1S/C21H34N2O4/c1-12(2)18(19(25)27-11-17(24)22-13(3)4)23-20(26)21-8-14-5-15(9-21)7-16(6-14)10-21/h12-16,18H,5-11H2,1-4H3,(H,22,24)(H,23,26)/t14?,15?,16?,18-,21?/m1/s1. The second kappa shape index (κ2) is 7.80. The van der Waals surface area contributed by atoms with Gasteiger partial charge in [-0.3, -0.25) is 9.59 Å². The van der Waals surface area contributed by atoms with Crippen LogP contribution in [0.1, 0.15) is 66.2 Å². The molecule has 6 heteroatoms. The molecule has 0 spiro atoms. The average molecular weight is 379 g/mol. The van der Waals surface area contributed by atoms with Crippen LogP contribution in [-0.4, -0.2) is 36.5 Å². The molecule has 152 valence electrons. The zero-order valence-corrected chi connectivity index (χ0v) is 17.0. The third-order valence-corrected chi connectivity index (χ3v) is 6.52. The molecule has 2 N–H and O–H groups in total. The SMILES string of the molecule is CC(C)NC(=O)COC(=O)[C@H](NC(=O)C12CC3CC(CC(C3)C1)C2)C(C)C. The molecule has 0 unspecified atom stereocenters. The van der Waals surface area contributed by atoms with E-state index in [9.17, 15) is 14.4 Å². The Morgan fingerprint density at radius 1 is 0.926 bits per heavy atom. The highest BCUT2D eigenvalue weighted by atomic mass is 16.5. The Hall–Kier alpha value is -1.59. The monoisotopic (exact) mass is 378 g/mol. The van der Waals surface area contributed by atoms with E-state index in [1.165, 1.54) is 19.3 Å². The number of carbonyl (C=O) groups is 3. The van der Waals surface area contributed by atoms with Gasteiger partial charge in [-0.05, 0) is 76.0 Å². The van der Waals surface area contributed by atoms with Gasteiger partial charge in [-0.1, -0.05) is 13.8 Å². The molecule has 4 aliphatic carbocycles. The average Bonchev–Trinajstić information content (AvgIpc) is 2.55. The molecule has 0 heterocycles. The summed E-state index contributed by atoms with van der Waals surface area (Å²) < 4.78 is 5.18. The first-order chi connectivity index (χ1) is 12.7. The van der Waals surface area contributed by atoms with E-state index in [1.54, 1.807) is 0 Å². The lowest BCUT2D eigenvalue weighted by atomic mass is 9.49. The number of carbonyl (C=O) groups excluding carboxylic acids is 3. The minimum atomic E-state index is -0.711. The van der Waals surface area contributed by atoms with Crippen molar-refractivity contribution in [1.29, 1.82) is 0 Å². The fourth-order valence-electron chi connectivity index (χ4n) is 5.77. The van der Waals surface area contributed by atoms with Gasteiger partial charge < -0.3 is 15.4 Å². The van der Waals surface area contributed by atoms with Gasteiger partial charge in [-0.15, -0.1) is 0 Å². The Kier molecular flexibility index (Phi) is 5.82. The van der Waals surface area contributed by atoms with E-state index in [4.69, 9.17) is 4.74 Å². The van der Waals surface area contributed by atoms with Gasteiger partial charge >= 0.3 is 5.97 Å². The van der Waals surface area contributed by atoms with Crippen molar-refractivity contribution in [2.45, 2.75) is 78.3 Å². The molecule has 0 aromatic carbocycles. The summed E-state index contributed by atoms with van der Waals surface area (Å²) in [6.45, 7) is 7.16. The van der Waals surface area contributed by atoms with Gasteiger partial charge in [0.2, 0.25) is 5.91 Å². The highest BCUT2D eigenvalue weighted by Gasteiger charge is 2.55. The summed E-state index contributed by atoms with van der Waals surface area (Å²) >= 11 is 0. The molecule has 4 aliphatic rings. The fraction of sp³-hybridized carbons (Fsp3) is 0.857. The van der Waals surface area contributed by atoms with Crippen LogP contribution in [-0.2, 0) is 19.1 Å². The maximum Gasteiger partial charge on any atom is 0.329 e. The summed E-state index contributed by atoms with van der Waals surface area (Å²) in [5.41, 5.74) is -0.294. The van der Waals surface area contributed by atoms with E-state index in [0.29, 0.717) is 17.8 Å². The summed E-state index contributed by atoms with van der Waals surface area (Å²) in [6.07, 6.45) is 6.69. The van der Waals surface area contributed by atoms with Crippen LogP contribution in [0.3, 0.4) is 0 Å². The highest BCUT2D eigenvalue weighted by molar-refractivity contribution is 5.89. The lowest BCUT2D eigenvalue weighted by molar-refractivity contribution is -0.157. The third-order valence-electron chi connectivity index (χ3n) is 6.52. The number of nitrogens with one attached hydrogen (secondary N) is 2. The number of rotatable bonds is 7. The second-order valence-electron chi connectivity index (χ2n) is 9.72. The smallest absolute Gasteiger partial charge is 0.329 e. The van der Waals surface area contributed by atoms with Crippen molar-refractivity contribution in [1.82, 2.24) is 10.6 Å². The predicted octanol–water partition coefficient (Wildman–Crippen LogP) is 2.41. The molecule has 4 saturated carbocycles. The van der Waals surface area contributed by atoms with E-state index in [2.05, 4.69) is 10.6 Å². The first-order valence-corrected chi connectivity index (χ1v) is 10.5. The Bertz CT molecular complexity index is 564. The fourth-order valence-corrected chi connectivity index (χ4v) is 5.77. The summed E-state index contributed by atoms with van der Waals surface area (Å²) in [5.74, 6) is 1.09. The molecule has 4 fully saturated rings. The Morgan fingerprint density at radius 3 is 1.89 bits per heavy atom. The van der Waals surface area contributed by atoms with E-state index in [-0.39, 0.29) is 35.8 Å². The van der Waals surface area contributed by atoms with Crippen LogP contribution in [0.4, 0.5) is 0 Å².